The molecular weight excluding hydrogens is 306 g/mol. The highest BCUT2D eigenvalue weighted by molar-refractivity contribution is 5.96. The Bertz CT molecular complexity index is 712. The minimum atomic E-state index is -0.432. The number of rotatable bonds is 5. The zero-order valence-electron chi connectivity index (χ0n) is 13.3. The molecule has 124 valence electrons. The Morgan fingerprint density at radius 2 is 1.42 bits per heavy atom. The van der Waals surface area contributed by atoms with E-state index in [1.54, 1.807) is 24.3 Å². The first kappa shape index (κ1) is 17.2. The van der Waals surface area contributed by atoms with Crippen LogP contribution >= 0.6 is 0 Å². The number of aryl methyl sites for hydroxylation is 1. The molecule has 0 bridgehead atoms. The van der Waals surface area contributed by atoms with Crippen molar-refractivity contribution < 1.29 is 14.4 Å². The third-order valence-electron chi connectivity index (χ3n) is 3.27. The number of carbonyl (C=O) groups excluding carboxylic acids is 3. The average molecular weight is 325 g/mol. The van der Waals surface area contributed by atoms with E-state index in [1.165, 1.54) is 0 Å². The molecule has 0 aliphatic carbocycles. The maximum atomic E-state index is 11.8. The first-order valence-corrected chi connectivity index (χ1v) is 7.55. The van der Waals surface area contributed by atoms with Crippen molar-refractivity contribution in [3.8, 4) is 0 Å². The van der Waals surface area contributed by atoms with Crippen molar-refractivity contribution in [1.82, 2.24) is 10.9 Å². The number of amides is 3. The van der Waals surface area contributed by atoms with Crippen LogP contribution < -0.4 is 16.2 Å². The van der Waals surface area contributed by atoms with Crippen LogP contribution in [0.5, 0.6) is 0 Å². The Morgan fingerprint density at radius 3 is 2.08 bits per heavy atom. The van der Waals surface area contributed by atoms with Crippen LogP contribution in [0.1, 0.15) is 28.8 Å². The summed E-state index contributed by atoms with van der Waals surface area (Å²) in [6.07, 6.45) is 0.00791. The maximum absolute atomic E-state index is 11.8. The van der Waals surface area contributed by atoms with Gasteiger partial charge in [0, 0.05) is 24.1 Å². The topological polar surface area (TPSA) is 87.3 Å². The van der Waals surface area contributed by atoms with Gasteiger partial charge in [0.1, 0.15) is 0 Å². The zero-order chi connectivity index (χ0) is 17.4. The van der Waals surface area contributed by atoms with E-state index in [4.69, 9.17) is 0 Å². The van der Waals surface area contributed by atoms with Crippen LogP contribution in [0.15, 0.2) is 54.6 Å². The van der Waals surface area contributed by atoms with Crippen LogP contribution in [-0.2, 0) is 9.59 Å². The molecular formula is C18H19N3O3. The molecule has 3 N–H and O–H groups in total. The van der Waals surface area contributed by atoms with E-state index in [-0.39, 0.29) is 18.7 Å². The number of para-hydroxylation sites is 1. The van der Waals surface area contributed by atoms with Crippen molar-refractivity contribution in [2.24, 2.45) is 0 Å². The molecule has 24 heavy (non-hydrogen) atoms. The fourth-order valence-corrected chi connectivity index (χ4v) is 1.94. The van der Waals surface area contributed by atoms with Gasteiger partial charge in [-0.1, -0.05) is 35.9 Å². The number of carbonyl (C=O) groups is 3. The van der Waals surface area contributed by atoms with E-state index in [1.807, 2.05) is 37.3 Å². The van der Waals surface area contributed by atoms with Crippen molar-refractivity contribution in [3.05, 3.63) is 65.7 Å². The summed E-state index contributed by atoms with van der Waals surface area (Å²) in [5, 5.41) is 2.69. The summed E-state index contributed by atoms with van der Waals surface area (Å²) in [5.41, 5.74) is 6.78. The Morgan fingerprint density at radius 1 is 0.792 bits per heavy atom. The molecule has 0 aliphatic heterocycles. The van der Waals surface area contributed by atoms with Crippen molar-refractivity contribution in [1.29, 1.82) is 0 Å². The van der Waals surface area contributed by atoms with Crippen LogP contribution in [0.25, 0.3) is 0 Å². The van der Waals surface area contributed by atoms with Crippen LogP contribution in [0, 0.1) is 6.92 Å². The molecule has 0 atom stereocenters. The van der Waals surface area contributed by atoms with E-state index >= 15 is 0 Å². The number of benzene rings is 2. The van der Waals surface area contributed by atoms with E-state index in [9.17, 15) is 14.4 Å². The van der Waals surface area contributed by atoms with E-state index in [0.717, 1.165) is 5.56 Å². The Hall–Kier alpha value is -3.15. The summed E-state index contributed by atoms with van der Waals surface area (Å²) >= 11 is 0. The van der Waals surface area contributed by atoms with Gasteiger partial charge in [-0.15, -0.1) is 0 Å². The molecule has 2 aromatic carbocycles. The van der Waals surface area contributed by atoms with Gasteiger partial charge in [0.25, 0.3) is 5.91 Å². The minimum Gasteiger partial charge on any atom is -0.326 e. The van der Waals surface area contributed by atoms with Gasteiger partial charge in [-0.2, -0.15) is 0 Å². The fraction of sp³-hybridized carbons (Fsp3) is 0.167. The van der Waals surface area contributed by atoms with E-state index in [0.29, 0.717) is 11.3 Å². The van der Waals surface area contributed by atoms with Gasteiger partial charge in [0.15, 0.2) is 0 Å². The third kappa shape index (κ3) is 5.57. The molecule has 2 aromatic rings. The van der Waals surface area contributed by atoms with Crippen molar-refractivity contribution in [2.75, 3.05) is 5.32 Å². The highest BCUT2D eigenvalue weighted by Gasteiger charge is 2.09. The highest BCUT2D eigenvalue weighted by Crippen LogP contribution is 2.06. The SMILES string of the molecule is Cc1ccc(C(=O)NNC(=O)CCC(=O)Nc2ccccc2)cc1. The average Bonchev–Trinajstić information content (AvgIpc) is 2.59. The summed E-state index contributed by atoms with van der Waals surface area (Å²) in [6, 6.07) is 16.0. The lowest BCUT2D eigenvalue weighted by Crippen LogP contribution is -2.41. The first-order valence-electron chi connectivity index (χ1n) is 7.55. The normalized spacial score (nSPS) is 9.88. The minimum absolute atomic E-state index is 0.0210. The molecule has 3 amide bonds. The predicted molar refractivity (Wildman–Crippen MR) is 91.1 cm³/mol. The molecule has 6 heteroatoms. The van der Waals surface area contributed by atoms with Crippen LogP contribution in [0.3, 0.4) is 0 Å². The lowest BCUT2D eigenvalue weighted by atomic mass is 10.1. The van der Waals surface area contributed by atoms with Crippen molar-refractivity contribution >= 4 is 23.4 Å². The summed E-state index contributed by atoms with van der Waals surface area (Å²) in [6.45, 7) is 1.92. The molecule has 2 rings (SSSR count). The standard InChI is InChI=1S/C18H19N3O3/c1-13-7-9-14(10-8-13)18(24)21-20-17(23)12-11-16(22)19-15-5-3-2-4-6-15/h2-10H,11-12H2,1H3,(H,19,22)(H,20,23)(H,21,24). The zero-order valence-corrected chi connectivity index (χ0v) is 13.3. The molecule has 0 saturated carbocycles. The summed E-state index contributed by atoms with van der Waals surface area (Å²) in [7, 11) is 0. The highest BCUT2D eigenvalue weighted by atomic mass is 16.2. The van der Waals surface area contributed by atoms with Gasteiger partial charge in [0.2, 0.25) is 11.8 Å². The summed E-state index contributed by atoms with van der Waals surface area (Å²) < 4.78 is 0. The monoisotopic (exact) mass is 325 g/mol. The molecule has 6 nitrogen and oxygen atoms in total. The molecule has 0 unspecified atom stereocenters. The Kier molecular flexibility index (Phi) is 6.08. The van der Waals surface area contributed by atoms with Gasteiger partial charge in [-0.05, 0) is 31.2 Å². The number of hydrogen-bond donors (Lipinski definition) is 3. The lowest BCUT2D eigenvalue weighted by Gasteiger charge is -2.08. The molecule has 0 spiro atoms. The van der Waals surface area contributed by atoms with Crippen molar-refractivity contribution in [3.63, 3.8) is 0 Å². The largest absolute Gasteiger partial charge is 0.326 e. The number of anilines is 1. The summed E-state index contributed by atoms with van der Waals surface area (Å²) in [5.74, 6) is -1.10. The van der Waals surface area contributed by atoms with Gasteiger partial charge >= 0.3 is 0 Å². The molecule has 0 fully saturated rings. The molecule has 0 aromatic heterocycles. The first-order chi connectivity index (χ1) is 11.5. The van der Waals surface area contributed by atoms with Gasteiger partial charge < -0.3 is 5.32 Å². The smallest absolute Gasteiger partial charge is 0.269 e. The van der Waals surface area contributed by atoms with Crippen molar-refractivity contribution in [2.45, 2.75) is 19.8 Å². The van der Waals surface area contributed by atoms with Gasteiger partial charge in [-0.25, -0.2) is 0 Å². The van der Waals surface area contributed by atoms with Crippen LogP contribution in [0.2, 0.25) is 0 Å². The lowest BCUT2D eigenvalue weighted by molar-refractivity contribution is -0.124. The fourth-order valence-electron chi connectivity index (χ4n) is 1.94. The second-order valence-corrected chi connectivity index (χ2v) is 5.28. The Labute approximate surface area is 140 Å². The maximum Gasteiger partial charge on any atom is 0.269 e. The Balaban J connectivity index is 1.70. The molecule has 0 saturated heterocycles. The summed E-state index contributed by atoms with van der Waals surface area (Å²) in [4.78, 5) is 35.2. The number of hydrazine groups is 1. The molecule has 0 radical (unpaired) electrons. The number of nitrogens with one attached hydrogen (secondary N) is 3. The second kappa shape index (κ2) is 8.47. The number of hydrogen-bond acceptors (Lipinski definition) is 3. The predicted octanol–water partition coefficient (Wildman–Crippen LogP) is 2.17. The van der Waals surface area contributed by atoms with E-state index < -0.39 is 11.8 Å². The van der Waals surface area contributed by atoms with E-state index in [2.05, 4.69) is 16.2 Å². The van der Waals surface area contributed by atoms with Crippen LogP contribution in [0.4, 0.5) is 5.69 Å². The van der Waals surface area contributed by atoms with Gasteiger partial charge in [0.05, 0.1) is 0 Å². The molecule has 0 aliphatic rings. The molecule has 0 heterocycles. The van der Waals surface area contributed by atoms with Crippen LogP contribution in [-0.4, -0.2) is 17.7 Å². The second-order valence-electron chi connectivity index (χ2n) is 5.28. The van der Waals surface area contributed by atoms with Gasteiger partial charge in [-0.3, -0.25) is 25.2 Å². The quantitative estimate of drug-likeness (QED) is 0.736. The third-order valence-corrected chi connectivity index (χ3v) is 3.27.